The number of benzene rings is 1. The number of guanidine groups is 1. The van der Waals surface area contributed by atoms with Crippen molar-refractivity contribution in [2.24, 2.45) is 10.7 Å². The number of ether oxygens (including phenoxy) is 2. The zero-order chi connectivity index (χ0) is 16.2. The van der Waals surface area contributed by atoms with E-state index in [2.05, 4.69) is 10.3 Å². The van der Waals surface area contributed by atoms with Crippen molar-refractivity contribution in [1.29, 1.82) is 0 Å². The molecule has 0 aromatic heterocycles. The molecule has 1 fully saturated rings. The molecule has 0 aliphatic carbocycles. The molecule has 1 heterocycles. The van der Waals surface area contributed by atoms with Gasteiger partial charge in [0.05, 0.1) is 31.8 Å². The molecule has 0 spiro atoms. The number of anilines is 1. The summed E-state index contributed by atoms with van der Waals surface area (Å²) in [5.41, 5.74) is 6.49. The predicted molar refractivity (Wildman–Crippen MR) is 102 cm³/mol. The Morgan fingerprint density at radius 1 is 1.35 bits per heavy atom. The molecule has 23 heavy (non-hydrogen) atoms. The molecule has 130 valence electrons. The maximum Gasteiger partial charge on any atom is 0.193 e. The molecule has 0 amide bonds. The molecule has 1 aromatic rings. The van der Waals surface area contributed by atoms with Gasteiger partial charge in [0.2, 0.25) is 0 Å². The van der Waals surface area contributed by atoms with Crippen molar-refractivity contribution in [1.82, 2.24) is 0 Å². The molecule has 9 heteroatoms. The molecule has 1 unspecified atom stereocenters. The number of halogens is 1. The second kappa shape index (κ2) is 8.57. The van der Waals surface area contributed by atoms with E-state index in [9.17, 15) is 8.42 Å². The number of hydrogen-bond acceptors (Lipinski definition) is 5. The Kier molecular flexibility index (Phi) is 7.39. The summed E-state index contributed by atoms with van der Waals surface area (Å²) in [6.45, 7) is 0.189. The van der Waals surface area contributed by atoms with Crippen LogP contribution in [0.1, 0.15) is 12.8 Å². The molecule has 2 rings (SSSR count). The van der Waals surface area contributed by atoms with Gasteiger partial charge in [-0.05, 0) is 25.0 Å². The Morgan fingerprint density at radius 2 is 2.04 bits per heavy atom. The molecule has 3 N–H and O–H groups in total. The molecular formula is C14H22IN3O4S. The number of sulfone groups is 1. The zero-order valence-corrected chi connectivity index (χ0v) is 16.3. The van der Waals surface area contributed by atoms with Crippen molar-refractivity contribution in [2.75, 3.05) is 31.8 Å². The van der Waals surface area contributed by atoms with Crippen LogP contribution in [0.5, 0.6) is 11.5 Å². The number of nitrogens with one attached hydrogen (secondary N) is 1. The fourth-order valence-electron chi connectivity index (χ4n) is 2.36. The molecule has 1 aromatic carbocycles. The third-order valence-corrected chi connectivity index (χ3v) is 5.84. The maximum absolute atomic E-state index is 11.7. The largest absolute Gasteiger partial charge is 0.493 e. The van der Waals surface area contributed by atoms with Crippen LogP contribution in [0, 0.1) is 0 Å². The van der Waals surface area contributed by atoms with Crippen molar-refractivity contribution >= 4 is 45.5 Å². The van der Waals surface area contributed by atoms with Gasteiger partial charge in [-0.15, -0.1) is 24.0 Å². The fraction of sp³-hybridized carbons (Fsp3) is 0.500. The van der Waals surface area contributed by atoms with Gasteiger partial charge in [0, 0.05) is 11.8 Å². The monoisotopic (exact) mass is 455 g/mol. The molecule has 1 aliphatic heterocycles. The van der Waals surface area contributed by atoms with Crippen molar-refractivity contribution in [3.8, 4) is 11.5 Å². The zero-order valence-electron chi connectivity index (χ0n) is 13.1. The smallest absolute Gasteiger partial charge is 0.193 e. The second-order valence-electron chi connectivity index (χ2n) is 5.05. The van der Waals surface area contributed by atoms with E-state index in [4.69, 9.17) is 15.2 Å². The first kappa shape index (κ1) is 19.8. The summed E-state index contributed by atoms with van der Waals surface area (Å²) < 4.78 is 33.8. The highest BCUT2D eigenvalue weighted by Gasteiger charge is 2.30. The van der Waals surface area contributed by atoms with Gasteiger partial charge < -0.3 is 20.5 Å². The normalized spacial score (nSPS) is 19.7. The number of nitrogens with two attached hydrogens (primary N) is 1. The summed E-state index contributed by atoms with van der Waals surface area (Å²) >= 11 is 0. The summed E-state index contributed by atoms with van der Waals surface area (Å²) in [6.07, 6.45) is 1.35. The standard InChI is InChI=1S/C14H21N3O4S.HI/c1-20-12-6-5-10(8-13(12)21-2)17-14(15)16-9-11-4-3-7-22(11,18)19;/h5-6,8,11H,3-4,7,9H2,1-2H3,(H3,15,16,17);1H. The first-order valence-corrected chi connectivity index (χ1v) is 8.68. The minimum atomic E-state index is -3.00. The van der Waals surface area contributed by atoms with Crippen LogP contribution in [0.4, 0.5) is 5.69 Å². The highest BCUT2D eigenvalue weighted by Crippen LogP contribution is 2.29. The average molecular weight is 455 g/mol. The van der Waals surface area contributed by atoms with Crippen LogP contribution in [0.15, 0.2) is 23.2 Å². The van der Waals surface area contributed by atoms with Crippen molar-refractivity contribution in [2.45, 2.75) is 18.1 Å². The van der Waals surface area contributed by atoms with Gasteiger partial charge in [-0.2, -0.15) is 0 Å². The summed E-state index contributed by atoms with van der Waals surface area (Å²) in [5, 5.41) is 2.50. The Morgan fingerprint density at radius 3 is 2.61 bits per heavy atom. The lowest BCUT2D eigenvalue weighted by Crippen LogP contribution is -2.26. The Balaban J connectivity index is 0.00000264. The summed E-state index contributed by atoms with van der Waals surface area (Å²) in [4.78, 5) is 4.13. The van der Waals surface area contributed by atoms with E-state index in [1.807, 2.05) is 0 Å². The van der Waals surface area contributed by atoms with Crippen molar-refractivity contribution < 1.29 is 17.9 Å². The predicted octanol–water partition coefficient (Wildman–Crippen LogP) is 1.63. The van der Waals surface area contributed by atoms with Crippen LogP contribution in [-0.4, -0.2) is 46.1 Å². The lowest BCUT2D eigenvalue weighted by molar-refractivity contribution is 0.355. The highest BCUT2D eigenvalue weighted by molar-refractivity contribution is 14.0. The van der Waals surface area contributed by atoms with E-state index in [1.165, 1.54) is 0 Å². The first-order chi connectivity index (χ1) is 10.5. The van der Waals surface area contributed by atoms with Gasteiger partial charge >= 0.3 is 0 Å². The minimum Gasteiger partial charge on any atom is -0.493 e. The highest BCUT2D eigenvalue weighted by atomic mass is 127. The van der Waals surface area contributed by atoms with Crippen molar-refractivity contribution in [3.05, 3.63) is 18.2 Å². The lowest BCUT2D eigenvalue weighted by atomic mass is 10.2. The van der Waals surface area contributed by atoms with Gasteiger partial charge in [0.1, 0.15) is 0 Å². The van der Waals surface area contributed by atoms with E-state index < -0.39 is 15.1 Å². The topological polar surface area (TPSA) is 103 Å². The number of nitrogens with zero attached hydrogens (tertiary/aromatic N) is 1. The van der Waals surface area contributed by atoms with Gasteiger partial charge in [0.25, 0.3) is 0 Å². The quantitative estimate of drug-likeness (QED) is 0.398. The molecule has 0 bridgehead atoms. The molecule has 7 nitrogen and oxygen atoms in total. The van der Waals surface area contributed by atoms with Crippen LogP contribution in [0.25, 0.3) is 0 Å². The molecule has 0 saturated carbocycles. The summed E-state index contributed by atoms with van der Waals surface area (Å²) in [5.74, 6) is 1.60. The number of hydrogen-bond donors (Lipinski definition) is 2. The Bertz CT molecular complexity index is 664. The van der Waals surface area contributed by atoms with Crippen LogP contribution in [0.3, 0.4) is 0 Å². The fourth-order valence-corrected chi connectivity index (χ4v) is 4.09. The van der Waals surface area contributed by atoms with E-state index in [0.717, 1.165) is 0 Å². The molecule has 1 saturated heterocycles. The van der Waals surface area contributed by atoms with Crippen LogP contribution < -0.4 is 20.5 Å². The van der Waals surface area contributed by atoms with E-state index in [0.29, 0.717) is 30.0 Å². The Hall–Kier alpha value is -1.23. The van der Waals surface area contributed by atoms with Gasteiger partial charge in [0.15, 0.2) is 27.3 Å². The van der Waals surface area contributed by atoms with E-state index in [-0.39, 0.29) is 42.2 Å². The third-order valence-electron chi connectivity index (χ3n) is 3.58. The molecule has 0 radical (unpaired) electrons. The van der Waals surface area contributed by atoms with Crippen molar-refractivity contribution in [3.63, 3.8) is 0 Å². The van der Waals surface area contributed by atoms with Crippen LogP contribution in [-0.2, 0) is 9.84 Å². The van der Waals surface area contributed by atoms with E-state index >= 15 is 0 Å². The van der Waals surface area contributed by atoms with E-state index in [1.54, 1.807) is 32.4 Å². The Labute approximate surface area is 153 Å². The van der Waals surface area contributed by atoms with Crippen LogP contribution in [0.2, 0.25) is 0 Å². The summed E-state index contributed by atoms with van der Waals surface area (Å²) in [6, 6.07) is 5.25. The maximum atomic E-state index is 11.7. The lowest BCUT2D eigenvalue weighted by Gasteiger charge is -2.11. The third kappa shape index (κ3) is 5.13. The van der Waals surface area contributed by atoms with Gasteiger partial charge in [-0.25, -0.2) is 8.42 Å². The number of methoxy groups -OCH3 is 2. The van der Waals surface area contributed by atoms with Crippen LogP contribution >= 0.6 is 24.0 Å². The first-order valence-electron chi connectivity index (χ1n) is 6.97. The van der Waals surface area contributed by atoms with Gasteiger partial charge in [-0.1, -0.05) is 0 Å². The molecule has 1 aliphatic rings. The second-order valence-corrected chi connectivity index (χ2v) is 7.45. The SMILES string of the molecule is COc1ccc(NC(N)=NCC2CCCS2(=O)=O)cc1OC.I. The summed E-state index contributed by atoms with van der Waals surface area (Å²) in [7, 11) is 0.102. The number of aliphatic imine (C=N–C) groups is 1. The van der Waals surface area contributed by atoms with Gasteiger partial charge in [-0.3, -0.25) is 4.99 Å². The average Bonchev–Trinajstić information content (AvgIpc) is 2.83. The number of rotatable bonds is 5. The molecular weight excluding hydrogens is 433 g/mol. The molecule has 1 atom stereocenters. The minimum absolute atomic E-state index is 0.